The van der Waals surface area contributed by atoms with Crippen LogP contribution >= 0.6 is 23.2 Å². The van der Waals surface area contributed by atoms with Crippen LogP contribution in [0.5, 0.6) is 0 Å². The lowest BCUT2D eigenvalue weighted by Gasteiger charge is -2.38. The molecule has 2 aromatic carbocycles. The molecule has 7 nitrogen and oxygen atoms in total. The lowest BCUT2D eigenvalue weighted by Crippen LogP contribution is -2.46. The zero-order valence-corrected chi connectivity index (χ0v) is 24.4. The third-order valence-electron chi connectivity index (χ3n) is 8.36. The van der Waals surface area contributed by atoms with Crippen molar-refractivity contribution in [1.82, 2.24) is 15.1 Å². The fraction of sp³-hybridized carbons (Fsp3) is 0.484. The van der Waals surface area contributed by atoms with Crippen molar-refractivity contribution in [2.45, 2.75) is 69.4 Å². The van der Waals surface area contributed by atoms with Crippen molar-refractivity contribution in [2.75, 3.05) is 26.7 Å². The Hall–Kier alpha value is -2.92. The molecule has 0 aromatic heterocycles. The number of likely N-dealkylation sites (tertiary alicyclic amines) is 1. The van der Waals surface area contributed by atoms with Crippen LogP contribution in [0.4, 0.5) is 0 Å². The van der Waals surface area contributed by atoms with Crippen molar-refractivity contribution in [3.05, 3.63) is 68.7 Å². The molecule has 1 atom stereocenters. The Morgan fingerprint density at radius 1 is 1.12 bits per heavy atom. The minimum Gasteiger partial charge on any atom is -0.357 e. The molecule has 2 aliphatic rings. The van der Waals surface area contributed by atoms with Gasteiger partial charge in [-0.05, 0) is 87.5 Å². The van der Waals surface area contributed by atoms with Gasteiger partial charge in [0.2, 0.25) is 5.91 Å². The maximum Gasteiger partial charge on any atom is 0.255 e. The van der Waals surface area contributed by atoms with Gasteiger partial charge in [0, 0.05) is 41.2 Å². The first-order valence-corrected chi connectivity index (χ1v) is 14.8. The standard InChI is InChI=1S/C31H36Cl2N4O3/c1-35-29(39)27(13-7-19-38)37-20-24-22(9-5-10-23(24)30(37)40)8-3-2-4-16-36-17-14-31(21-34,15-18-36)28-25(32)11-6-12-26(28)33/h5-6,9-12,19,27H,2-4,7-8,13-18,20H2,1H3,(H,35,39). The summed E-state index contributed by atoms with van der Waals surface area (Å²) in [4.78, 5) is 40.5. The number of unbranched alkanes of at least 4 members (excludes halogenated alkanes) is 2. The highest BCUT2D eigenvalue weighted by molar-refractivity contribution is 6.36. The molecular formula is C31H36Cl2N4O3. The fourth-order valence-electron chi connectivity index (χ4n) is 6.08. The number of nitriles is 1. The van der Waals surface area contributed by atoms with Gasteiger partial charge in [0.25, 0.3) is 5.91 Å². The van der Waals surface area contributed by atoms with E-state index in [-0.39, 0.29) is 18.2 Å². The number of hydrogen-bond donors (Lipinski definition) is 1. The molecule has 0 saturated carbocycles. The number of nitrogens with one attached hydrogen (secondary N) is 1. The zero-order valence-electron chi connectivity index (χ0n) is 22.9. The van der Waals surface area contributed by atoms with Gasteiger partial charge in [0.1, 0.15) is 12.3 Å². The summed E-state index contributed by atoms with van der Waals surface area (Å²) in [5.41, 5.74) is 2.92. The molecule has 9 heteroatoms. The van der Waals surface area contributed by atoms with Crippen molar-refractivity contribution in [3.8, 4) is 6.07 Å². The van der Waals surface area contributed by atoms with Crippen molar-refractivity contribution in [1.29, 1.82) is 5.26 Å². The number of benzene rings is 2. The Bertz CT molecular complexity index is 1260. The molecule has 40 heavy (non-hydrogen) atoms. The molecule has 212 valence electrons. The van der Waals surface area contributed by atoms with Crippen LogP contribution in [0.2, 0.25) is 10.0 Å². The number of aryl methyl sites for hydroxylation is 1. The van der Waals surface area contributed by atoms with Crippen molar-refractivity contribution >= 4 is 41.3 Å². The summed E-state index contributed by atoms with van der Waals surface area (Å²) in [6, 6.07) is 13.1. The van der Waals surface area contributed by atoms with Gasteiger partial charge in [0.15, 0.2) is 0 Å². The van der Waals surface area contributed by atoms with Crippen LogP contribution in [0.3, 0.4) is 0 Å². The summed E-state index contributed by atoms with van der Waals surface area (Å²) in [5, 5.41) is 13.8. The second-order valence-electron chi connectivity index (χ2n) is 10.7. The SMILES string of the molecule is CNC(=O)C(CCC=O)N1Cc2c(CCCCCN3CCC(C#N)(c4c(Cl)cccc4Cl)CC3)cccc2C1=O. The minimum absolute atomic E-state index is 0.145. The predicted molar refractivity (Wildman–Crippen MR) is 156 cm³/mol. The van der Waals surface area contributed by atoms with Crippen molar-refractivity contribution < 1.29 is 14.4 Å². The van der Waals surface area contributed by atoms with E-state index >= 15 is 0 Å². The van der Waals surface area contributed by atoms with E-state index in [0.717, 1.165) is 68.3 Å². The monoisotopic (exact) mass is 582 g/mol. The third kappa shape index (κ3) is 6.35. The molecule has 0 bridgehead atoms. The number of carbonyl (C=O) groups is 3. The lowest BCUT2D eigenvalue weighted by molar-refractivity contribution is -0.125. The number of rotatable bonds is 12. The number of halogens is 2. The number of fused-ring (bicyclic) bond motifs is 1. The number of amides is 2. The Labute approximate surface area is 246 Å². The first kappa shape index (κ1) is 30.0. The van der Waals surface area contributed by atoms with Crippen LogP contribution in [0.15, 0.2) is 36.4 Å². The average molecular weight is 584 g/mol. The van der Waals surface area contributed by atoms with E-state index in [9.17, 15) is 19.6 Å². The molecule has 2 heterocycles. The van der Waals surface area contributed by atoms with Crippen molar-refractivity contribution in [3.63, 3.8) is 0 Å². The molecule has 1 N–H and O–H groups in total. The first-order valence-electron chi connectivity index (χ1n) is 14.0. The summed E-state index contributed by atoms with van der Waals surface area (Å²) < 4.78 is 0. The smallest absolute Gasteiger partial charge is 0.255 e. The topological polar surface area (TPSA) is 93.5 Å². The van der Waals surface area contributed by atoms with E-state index in [2.05, 4.69) is 22.4 Å². The molecule has 1 fully saturated rings. The summed E-state index contributed by atoms with van der Waals surface area (Å²) >= 11 is 12.9. The van der Waals surface area contributed by atoms with Gasteiger partial charge in [-0.1, -0.05) is 47.8 Å². The number of carbonyl (C=O) groups excluding carboxylic acids is 3. The highest BCUT2D eigenvalue weighted by Crippen LogP contribution is 2.42. The maximum atomic E-state index is 13.1. The average Bonchev–Trinajstić information content (AvgIpc) is 3.30. The second-order valence-corrected chi connectivity index (χ2v) is 11.5. The van der Waals surface area contributed by atoms with Crippen LogP contribution in [0, 0.1) is 11.3 Å². The molecule has 0 aliphatic carbocycles. The lowest BCUT2D eigenvalue weighted by atomic mass is 9.74. The number of aldehydes is 1. The van der Waals surface area contributed by atoms with Gasteiger partial charge in [-0.3, -0.25) is 9.59 Å². The fourth-order valence-corrected chi connectivity index (χ4v) is 6.84. The summed E-state index contributed by atoms with van der Waals surface area (Å²) in [6.07, 6.45) is 6.71. The van der Waals surface area contributed by atoms with Crippen LogP contribution in [-0.2, 0) is 28.0 Å². The number of piperidine rings is 1. The molecule has 0 radical (unpaired) electrons. The molecule has 0 spiro atoms. The number of nitrogens with zero attached hydrogens (tertiary/aromatic N) is 3. The summed E-state index contributed by atoms with van der Waals surface area (Å²) in [5.74, 6) is -0.391. The van der Waals surface area contributed by atoms with Gasteiger partial charge >= 0.3 is 0 Å². The van der Waals surface area contributed by atoms with Gasteiger partial charge in [0.05, 0.1) is 11.5 Å². The van der Waals surface area contributed by atoms with Gasteiger partial charge in [-0.2, -0.15) is 5.26 Å². The zero-order chi connectivity index (χ0) is 28.7. The number of likely N-dealkylation sites (N-methyl/N-ethyl adjacent to an activating group) is 1. The highest BCUT2D eigenvalue weighted by atomic mass is 35.5. The molecule has 1 unspecified atom stereocenters. The Kier molecular flexibility index (Phi) is 10.2. The van der Waals surface area contributed by atoms with E-state index in [4.69, 9.17) is 23.2 Å². The molecular weight excluding hydrogens is 547 g/mol. The predicted octanol–water partition coefficient (Wildman–Crippen LogP) is 5.31. The van der Waals surface area contributed by atoms with Crippen LogP contribution < -0.4 is 5.32 Å². The Balaban J connectivity index is 1.28. The van der Waals surface area contributed by atoms with Gasteiger partial charge in [-0.15, -0.1) is 0 Å². The minimum atomic E-state index is -0.652. The van der Waals surface area contributed by atoms with Crippen molar-refractivity contribution in [2.24, 2.45) is 0 Å². The van der Waals surface area contributed by atoms with Gasteiger partial charge in [-0.25, -0.2) is 0 Å². The normalized spacial score (nSPS) is 17.2. The first-order chi connectivity index (χ1) is 19.3. The third-order valence-corrected chi connectivity index (χ3v) is 8.99. The molecule has 4 rings (SSSR count). The Morgan fingerprint density at radius 2 is 1.82 bits per heavy atom. The van der Waals surface area contributed by atoms with Crippen LogP contribution in [0.25, 0.3) is 0 Å². The van der Waals surface area contributed by atoms with Crippen LogP contribution in [-0.4, -0.2) is 60.6 Å². The van der Waals surface area contributed by atoms with E-state index < -0.39 is 11.5 Å². The molecule has 2 aromatic rings. The molecule has 1 saturated heterocycles. The second kappa shape index (κ2) is 13.6. The largest absolute Gasteiger partial charge is 0.357 e. The van der Waals surface area contributed by atoms with E-state index in [1.165, 1.54) is 0 Å². The number of hydrogen-bond acceptors (Lipinski definition) is 5. The molecule has 2 amide bonds. The van der Waals surface area contributed by atoms with E-state index in [0.29, 0.717) is 41.4 Å². The highest BCUT2D eigenvalue weighted by Gasteiger charge is 2.39. The van der Waals surface area contributed by atoms with Crippen LogP contribution in [0.1, 0.15) is 72.0 Å². The van der Waals surface area contributed by atoms with E-state index in [1.54, 1.807) is 24.1 Å². The maximum absolute atomic E-state index is 13.1. The molecule has 2 aliphatic heterocycles. The van der Waals surface area contributed by atoms with E-state index in [1.807, 2.05) is 18.2 Å². The summed E-state index contributed by atoms with van der Waals surface area (Å²) in [6.45, 7) is 3.03. The summed E-state index contributed by atoms with van der Waals surface area (Å²) in [7, 11) is 1.55. The quantitative estimate of drug-likeness (QED) is 0.270. The van der Waals surface area contributed by atoms with Gasteiger partial charge < -0.3 is 19.9 Å². The Morgan fingerprint density at radius 3 is 2.48 bits per heavy atom.